The van der Waals surface area contributed by atoms with E-state index in [0.29, 0.717) is 18.2 Å². The van der Waals surface area contributed by atoms with Crippen molar-refractivity contribution in [3.05, 3.63) is 34.6 Å². The minimum absolute atomic E-state index is 0.131. The third kappa shape index (κ3) is 3.22. The molecule has 2 nitrogen and oxygen atoms in total. The van der Waals surface area contributed by atoms with Crippen LogP contribution in [0.25, 0.3) is 0 Å². The van der Waals surface area contributed by atoms with Crippen LogP contribution in [0.5, 0.6) is 0 Å². The maximum atomic E-state index is 14.1. The number of benzene rings is 1. The van der Waals surface area contributed by atoms with Crippen LogP contribution < -0.4 is 5.73 Å². The zero-order valence-corrected chi connectivity index (χ0v) is 12.0. The molecule has 18 heavy (non-hydrogen) atoms. The molecule has 1 aromatic carbocycles. The quantitative estimate of drug-likeness (QED) is 0.857. The van der Waals surface area contributed by atoms with Gasteiger partial charge < -0.3 is 5.73 Å². The van der Waals surface area contributed by atoms with Gasteiger partial charge in [0.05, 0.1) is 5.02 Å². The standard InChI is InChI=1S/C14H22ClFN2/c1-4-10(5-2)18(3)13(9-17)11-7-6-8-12(15)14(11)16/h6-8,10,13H,4-5,9,17H2,1-3H3. The lowest BCUT2D eigenvalue weighted by atomic mass is 10.0. The Kier molecular flexibility index (Phi) is 6.06. The van der Waals surface area contributed by atoms with E-state index in [1.807, 2.05) is 7.05 Å². The molecule has 0 saturated carbocycles. The number of nitrogens with zero attached hydrogens (tertiary/aromatic N) is 1. The first-order valence-electron chi connectivity index (χ1n) is 6.42. The number of hydrogen-bond acceptors (Lipinski definition) is 2. The van der Waals surface area contributed by atoms with Crippen molar-refractivity contribution in [2.24, 2.45) is 5.73 Å². The highest BCUT2D eigenvalue weighted by atomic mass is 35.5. The lowest BCUT2D eigenvalue weighted by molar-refractivity contribution is 0.165. The van der Waals surface area contributed by atoms with E-state index in [1.54, 1.807) is 18.2 Å². The fourth-order valence-corrected chi connectivity index (χ4v) is 2.59. The molecular formula is C14H22ClFN2. The molecule has 0 bridgehead atoms. The van der Waals surface area contributed by atoms with Crippen LogP contribution in [0.4, 0.5) is 4.39 Å². The van der Waals surface area contributed by atoms with Gasteiger partial charge in [-0.2, -0.15) is 0 Å². The zero-order chi connectivity index (χ0) is 13.7. The van der Waals surface area contributed by atoms with Crippen LogP contribution in [0, 0.1) is 5.82 Å². The first kappa shape index (κ1) is 15.4. The number of rotatable bonds is 6. The van der Waals surface area contributed by atoms with E-state index < -0.39 is 0 Å². The normalized spacial score (nSPS) is 13.3. The van der Waals surface area contributed by atoms with Crippen molar-refractivity contribution in [3.63, 3.8) is 0 Å². The highest BCUT2D eigenvalue weighted by Crippen LogP contribution is 2.28. The summed E-state index contributed by atoms with van der Waals surface area (Å²) in [6, 6.07) is 5.36. The van der Waals surface area contributed by atoms with Crippen LogP contribution in [0.15, 0.2) is 18.2 Å². The van der Waals surface area contributed by atoms with Gasteiger partial charge in [0.25, 0.3) is 0 Å². The minimum atomic E-state index is -0.354. The molecule has 1 aromatic rings. The monoisotopic (exact) mass is 272 g/mol. The third-order valence-electron chi connectivity index (χ3n) is 3.57. The van der Waals surface area contributed by atoms with Crippen LogP contribution in [0.3, 0.4) is 0 Å². The lowest BCUT2D eigenvalue weighted by Gasteiger charge is -2.34. The molecule has 1 rings (SSSR count). The van der Waals surface area contributed by atoms with Crippen molar-refractivity contribution in [3.8, 4) is 0 Å². The summed E-state index contributed by atoms with van der Waals surface area (Å²) < 4.78 is 14.1. The second-order valence-corrected chi connectivity index (χ2v) is 4.94. The zero-order valence-electron chi connectivity index (χ0n) is 11.3. The Morgan fingerprint density at radius 1 is 1.33 bits per heavy atom. The largest absolute Gasteiger partial charge is 0.329 e. The maximum absolute atomic E-state index is 14.1. The molecule has 4 heteroatoms. The molecule has 2 N–H and O–H groups in total. The molecule has 0 aromatic heterocycles. The Bertz CT molecular complexity index is 380. The van der Waals surface area contributed by atoms with Crippen molar-refractivity contribution in [2.45, 2.75) is 38.8 Å². The Hall–Kier alpha value is -0.640. The number of halogens is 2. The molecule has 0 spiro atoms. The summed E-state index contributed by atoms with van der Waals surface area (Å²) in [5, 5.41) is 0.156. The molecule has 0 fully saturated rings. The molecule has 1 atom stereocenters. The van der Waals surface area contributed by atoms with E-state index in [4.69, 9.17) is 17.3 Å². The van der Waals surface area contributed by atoms with Gasteiger partial charge in [-0.05, 0) is 26.0 Å². The Morgan fingerprint density at radius 3 is 2.44 bits per heavy atom. The van der Waals surface area contributed by atoms with Gasteiger partial charge in [-0.15, -0.1) is 0 Å². The average molecular weight is 273 g/mol. The fourth-order valence-electron chi connectivity index (χ4n) is 2.41. The predicted octanol–water partition coefficient (Wildman–Crippen LogP) is 3.60. The van der Waals surface area contributed by atoms with E-state index >= 15 is 0 Å². The molecule has 102 valence electrons. The average Bonchev–Trinajstić information content (AvgIpc) is 2.37. The van der Waals surface area contributed by atoms with Gasteiger partial charge >= 0.3 is 0 Å². The summed E-state index contributed by atoms with van der Waals surface area (Å²) in [5.41, 5.74) is 6.40. The van der Waals surface area contributed by atoms with Crippen molar-refractivity contribution >= 4 is 11.6 Å². The highest BCUT2D eigenvalue weighted by Gasteiger charge is 2.24. The lowest BCUT2D eigenvalue weighted by Crippen LogP contribution is -2.38. The van der Waals surface area contributed by atoms with Crippen molar-refractivity contribution in [1.29, 1.82) is 0 Å². The number of hydrogen-bond donors (Lipinski definition) is 1. The van der Waals surface area contributed by atoms with Gasteiger partial charge in [-0.1, -0.05) is 37.6 Å². The SMILES string of the molecule is CCC(CC)N(C)C(CN)c1cccc(Cl)c1F. The summed E-state index contributed by atoms with van der Waals surface area (Å²) >= 11 is 5.83. The van der Waals surface area contributed by atoms with E-state index in [-0.39, 0.29) is 16.9 Å². The third-order valence-corrected chi connectivity index (χ3v) is 3.87. The molecule has 0 radical (unpaired) electrons. The molecule has 0 amide bonds. The predicted molar refractivity (Wildman–Crippen MR) is 75.3 cm³/mol. The Labute approximate surface area is 114 Å². The van der Waals surface area contributed by atoms with Crippen LogP contribution in [-0.2, 0) is 0 Å². The molecule has 1 unspecified atom stereocenters. The molecule has 0 saturated heterocycles. The molecule has 0 aliphatic heterocycles. The molecular weight excluding hydrogens is 251 g/mol. The summed E-state index contributed by atoms with van der Waals surface area (Å²) in [7, 11) is 2.00. The van der Waals surface area contributed by atoms with Crippen molar-refractivity contribution < 1.29 is 4.39 Å². The van der Waals surface area contributed by atoms with E-state index in [9.17, 15) is 4.39 Å². The second kappa shape index (κ2) is 7.07. The summed E-state index contributed by atoms with van der Waals surface area (Å²) in [6.07, 6.45) is 2.04. The van der Waals surface area contributed by atoms with Crippen LogP contribution in [0.2, 0.25) is 5.02 Å². The maximum Gasteiger partial charge on any atom is 0.146 e. The Morgan fingerprint density at radius 2 is 1.94 bits per heavy atom. The van der Waals surface area contributed by atoms with E-state index in [2.05, 4.69) is 18.7 Å². The first-order chi connectivity index (χ1) is 8.56. The minimum Gasteiger partial charge on any atom is -0.329 e. The van der Waals surface area contributed by atoms with E-state index in [0.717, 1.165) is 12.8 Å². The van der Waals surface area contributed by atoms with Crippen molar-refractivity contribution in [2.75, 3.05) is 13.6 Å². The molecule has 0 aliphatic rings. The molecule has 0 aliphatic carbocycles. The van der Waals surface area contributed by atoms with Crippen molar-refractivity contribution in [1.82, 2.24) is 4.90 Å². The van der Waals surface area contributed by atoms with Crippen LogP contribution in [0.1, 0.15) is 38.3 Å². The molecule has 0 heterocycles. The first-order valence-corrected chi connectivity index (χ1v) is 6.80. The van der Waals surface area contributed by atoms with Crippen LogP contribution >= 0.6 is 11.6 Å². The van der Waals surface area contributed by atoms with Crippen LogP contribution in [-0.4, -0.2) is 24.5 Å². The van der Waals surface area contributed by atoms with Gasteiger partial charge in [-0.3, -0.25) is 4.90 Å². The van der Waals surface area contributed by atoms with Gasteiger partial charge in [0.1, 0.15) is 5.82 Å². The van der Waals surface area contributed by atoms with Gasteiger partial charge in [-0.25, -0.2) is 4.39 Å². The van der Waals surface area contributed by atoms with Gasteiger partial charge in [0, 0.05) is 24.2 Å². The summed E-state index contributed by atoms with van der Waals surface area (Å²) in [6.45, 7) is 4.64. The Balaban J connectivity index is 3.05. The summed E-state index contributed by atoms with van der Waals surface area (Å²) in [5.74, 6) is -0.354. The topological polar surface area (TPSA) is 29.3 Å². The highest BCUT2D eigenvalue weighted by molar-refractivity contribution is 6.30. The second-order valence-electron chi connectivity index (χ2n) is 4.53. The summed E-state index contributed by atoms with van der Waals surface area (Å²) in [4.78, 5) is 2.15. The van der Waals surface area contributed by atoms with E-state index in [1.165, 1.54) is 0 Å². The van der Waals surface area contributed by atoms with Gasteiger partial charge in [0.2, 0.25) is 0 Å². The number of likely N-dealkylation sites (N-methyl/N-ethyl adjacent to an activating group) is 1. The smallest absolute Gasteiger partial charge is 0.146 e. The van der Waals surface area contributed by atoms with Gasteiger partial charge in [0.15, 0.2) is 0 Å². The number of nitrogens with two attached hydrogens (primary N) is 1. The fraction of sp³-hybridized carbons (Fsp3) is 0.571.